The summed E-state index contributed by atoms with van der Waals surface area (Å²) in [6, 6.07) is 8.02. The van der Waals surface area contributed by atoms with Crippen LogP contribution in [0.5, 0.6) is 0 Å². The summed E-state index contributed by atoms with van der Waals surface area (Å²) in [6.07, 6.45) is 2.34. The van der Waals surface area contributed by atoms with Gasteiger partial charge in [-0.1, -0.05) is 23.7 Å². The summed E-state index contributed by atoms with van der Waals surface area (Å²) < 4.78 is 5.53. The highest BCUT2D eigenvalue weighted by molar-refractivity contribution is 6.30. The molecule has 2 nitrogen and oxygen atoms in total. The quantitative estimate of drug-likeness (QED) is 0.881. The minimum atomic E-state index is 0.374. The summed E-state index contributed by atoms with van der Waals surface area (Å²) in [5.74, 6) is 0.913. The topological polar surface area (TPSA) is 35.2 Å². The first-order valence-corrected chi connectivity index (χ1v) is 6.22. The summed E-state index contributed by atoms with van der Waals surface area (Å²) in [6.45, 7) is 2.38. The van der Waals surface area contributed by atoms with Gasteiger partial charge in [-0.15, -0.1) is 0 Å². The van der Waals surface area contributed by atoms with E-state index in [4.69, 9.17) is 22.1 Å². The van der Waals surface area contributed by atoms with E-state index < -0.39 is 0 Å². The van der Waals surface area contributed by atoms with Crippen molar-refractivity contribution >= 4 is 11.6 Å². The minimum absolute atomic E-state index is 0.374. The van der Waals surface area contributed by atoms with Gasteiger partial charge in [-0.05, 0) is 43.0 Å². The van der Waals surface area contributed by atoms with Gasteiger partial charge in [0, 0.05) is 17.5 Å². The van der Waals surface area contributed by atoms with Gasteiger partial charge in [-0.2, -0.15) is 0 Å². The van der Waals surface area contributed by atoms with Crippen molar-refractivity contribution in [3.05, 3.63) is 34.9 Å². The molecule has 0 radical (unpaired) electrons. The summed E-state index contributed by atoms with van der Waals surface area (Å²) >= 11 is 6.01. The Kier molecular flexibility index (Phi) is 4.22. The molecule has 0 spiro atoms. The third-order valence-electron chi connectivity index (χ3n) is 3.30. The Bertz CT molecular complexity index is 336. The zero-order valence-corrected chi connectivity index (χ0v) is 10.1. The van der Waals surface area contributed by atoms with Crippen LogP contribution in [-0.4, -0.2) is 19.8 Å². The molecule has 0 bridgehead atoms. The van der Waals surface area contributed by atoms with E-state index in [0.29, 0.717) is 18.4 Å². The zero-order valence-electron chi connectivity index (χ0n) is 9.36. The lowest BCUT2D eigenvalue weighted by molar-refractivity contribution is 0.0450. The van der Waals surface area contributed by atoms with Crippen LogP contribution in [0.4, 0.5) is 0 Å². The van der Waals surface area contributed by atoms with E-state index in [2.05, 4.69) is 6.07 Å². The maximum Gasteiger partial charge on any atom is 0.0500 e. The molecule has 0 aromatic heterocycles. The lowest BCUT2D eigenvalue weighted by Crippen LogP contribution is -2.28. The van der Waals surface area contributed by atoms with Crippen LogP contribution in [0.15, 0.2) is 24.3 Å². The fourth-order valence-corrected chi connectivity index (χ4v) is 2.62. The van der Waals surface area contributed by atoms with Crippen LogP contribution in [0.25, 0.3) is 0 Å². The number of halogens is 1. The first-order valence-electron chi connectivity index (χ1n) is 5.84. The van der Waals surface area contributed by atoms with Gasteiger partial charge < -0.3 is 10.5 Å². The molecule has 2 atom stereocenters. The van der Waals surface area contributed by atoms with Crippen LogP contribution >= 0.6 is 11.6 Å². The second kappa shape index (κ2) is 5.67. The molecule has 2 rings (SSSR count). The summed E-state index contributed by atoms with van der Waals surface area (Å²) in [7, 11) is 0. The van der Waals surface area contributed by atoms with Crippen molar-refractivity contribution in [2.75, 3.05) is 19.8 Å². The molecular weight excluding hydrogens is 222 g/mol. The van der Waals surface area contributed by atoms with Gasteiger partial charge in [0.2, 0.25) is 0 Å². The van der Waals surface area contributed by atoms with Crippen LogP contribution in [0, 0.1) is 5.92 Å². The van der Waals surface area contributed by atoms with E-state index in [0.717, 1.165) is 24.7 Å². The molecule has 1 fully saturated rings. The highest BCUT2D eigenvalue weighted by atomic mass is 35.5. The molecule has 0 amide bonds. The molecule has 1 heterocycles. The molecule has 16 heavy (non-hydrogen) atoms. The van der Waals surface area contributed by atoms with E-state index in [1.54, 1.807) is 0 Å². The maximum absolute atomic E-state index is 6.01. The molecule has 2 N–H and O–H groups in total. The van der Waals surface area contributed by atoms with Gasteiger partial charge in [-0.3, -0.25) is 0 Å². The highest BCUT2D eigenvalue weighted by Gasteiger charge is 2.24. The van der Waals surface area contributed by atoms with Crippen molar-refractivity contribution in [2.45, 2.75) is 18.8 Å². The molecule has 0 aliphatic carbocycles. The lowest BCUT2D eigenvalue weighted by Gasteiger charge is -2.29. The van der Waals surface area contributed by atoms with Crippen LogP contribution in [0.2, 0.25) is 5.02 Å². The Labute approximate surface area is 102 Å². The fraction of sp³-hybridized carbons (Fsp3) is 0.538. The molecule has 1 aromatic carbocycles. The van der Waals surface area contributed by atoms with Crippen LogP contribution < -0.4 is 5.73 Å². The Hall–Kier alpha value is -0.570. The van der Waals surface area contributed by atoms with Crippen molar-refractivity contribution in [2.24, 2.45) is 11.7 Å². The first-order chi connectivity index (χ1) is 7.81. The Morgan fingerprint density at radius 3 is 3.00 bits per heavy atom. The van der Waals surface area contributed by atoms with Crippen LogP contribution in [0.1, 0.15) is 24.3 Å². The van der Waals surface area contributed by atoms with Gasteiger partial charge in [0.1, 0.15) is 0 Å². The summed E-state index contributed by atoms with van der Waals surface area (Å²) in [4.78, 5) is 0. The van der Waals surface area contributed by atoms with Gasteiger partial charge in [0.05, 0.1) is 6.61 Å². The predicted octanol–water partition coefficient (Wildman–Crippen LogP) is 2.81. The largest absolute Gasteiger partial charge is 0.381 e. The normalized spacial score (nSPS) is 23.0. The molecule has 1 aliphatic rings. The van der Waals surface area contributed by atoms with Crippen LogP contribution in [0.3, 0.4) is 0 Å². The maximum atomic E-state index is 6.01. The number of nitrogens with two attached hydrogens (primary N) is 1. The monoisotopic (exact) mass is 239 g/mol. The average Bonchev–Trinajstić information content (AvgIpc) is 2.31. The van der Waals surface area contributed by atoms with Crippen molar-refractivity contribution in [3.63, 3.8) is 0 Å². The third-order valence-corrected chi connectivity index (χ3v) is 3.53. The van der Waals surface area contributed by atoms with Gasteiger partial charge >= 0.3 is 0 Å². The summed E-state index contributed by atoms with van der Waals surface area (Å²) in [5.41, 5.74) is 7.13. The number of hydrogen-bond donors (Lipinski definition) is 1. The van der Waals surface area contributed by atoms with Crippen molar-refractivity contribution in [3.8, 4) is 0 Å². The molecule has 1 saturated heterocycles. The van der Waals surface area contributed by atoms with E-state index in [9.17, 15) is 0 Å². The van der Waals surface area contributed by atoms with Gasteiger partial charge in [-0.25, -0.2) is 0 Å². The molecular formula is C13H18ClNO. The van der Waals surface area contributed by atoms with Crippen LogP contribution in [-0.2, 0) is 4.74 Å². The highest BCUT2D eigenvalue weighted by Crippen LogP contribution is 2.31. The Balaban J connectivity index is 2.14. The second-order valence-electron chi connectivity index (χ2n) is 4.37. The number of hydrogen-bond acceptors (Lipinski definition) is 2. The average molecular weight is 240 g/mol. The zero-order chi connectivity index (χ0) is 11.4. The minimum Gasteiger partial charge on any atom is -0.381 e. The standard InChI is InChI=1S/C13H18ClNO/c14-12-5-1-3-10(7-12)13(8-15)11-4-2-6-16-9-11/h1,3,5,7,11,13H,2,4,6,8-9,15H2. The van der Waals surface area contributed by atoms with Crippen molar-refractivity contribution in [1.82, 2.24) is 0 Å². The molecule has 0 saturated carbocycles. The number of rotatable bonds is 3. The number of benzene rings is 1. The van der Waals surface area contributed by atoms with Gasteiger partial charge in [0.15, 0.2) is 0 Å². The van der Waals surface area contributed by atoms with Gasteiger partial charge in [0.25, 0.3) is 0 Å². The molecule has 88 valence electrons. The first kappa shape index (κ1) is 11.9. The second-order valence-corrected chi connectivity index (χ2v) is 4.81. The van der Waals surface area contributed by atoms with E-state index >= 15 is 0 Å². The lowest BCUT2D eigenvalue weighted by atomic mass is 9.83. The molecule has 1 aromatic rings. The fourth-order valence-electron chi connectivity index (χ4n) is 2.42. The van der Waals surface area contributed by atoms with Crippen molar-refractivity contribution < 1.29 is 4.74 Å². The van der Waals surface area contributed by atoms with Crippen molar-refractivity contribution in [1.29, 1.82) is 0 Å². The molecule has 3 heteroatoms. The Morgan fingerprint density at radius 2 is 2.38 bits per heavy atom. The van der Waals surface area contributed by atoms with E-state index in [-0.39, 0.29) is 0 Å². The summed E-state index contributed by atoms with van der Waals surface area (Å²) in [5, 5.41) is 0.785. The number of ether oxygens (including phenoxy) is 1. The third kappa shape index (κ3) is 2.76. The SMILES string of the molecule is NCC(c1cccc(Cl)c1)C1CCCOC1. The predicted molar refractivity (Wildman–Crippen MR) is 66.8 cm³/mol. The molecule has 2 unspecified atom stereocenters. The van der Waals surface area contributed by atoms with E-state index in [1.165, 1.54) is 12.0 Å². The molecule has 1 aliphatic heterocycles. The van der Waals surface area contributed by atoms with E-state index in [1.807, 2.05) is 18.2 Å². The smallest absolute Gasteiger partial charge is 0.0500 e. The Morgan fingerprint density at radius 1 is 1.50 bits per heavy atom.